The smallest absolute Gasteiger partial charge is 0.268 e. The van der Waals surface area contributed by atoms with E-state index in [0.29, 0.717) is 5.95 Å². The van der Waals surface area contributed by atoms with Crippen LogP contribution in [0.2, 0.25) is 5.02 Å². The summed E-state index contributed by atoms with van der Waals surface area (Å²) in [5.74, 6) is 4.48. The van der Waals surface area contributed by atoms with Gasteiger partial charge in [0.2, 0.25) is 5.95 Å². The molecule has 1 amide bonds. The van der Waals surface area contributed by atoms with Crippen LogP contribution in [0.5, 0.6) is 0 Å². The molecule has 6 nitrogen and oxygen atoms in total. The van der Waals surface area contributed by atoms with E-state index in [9.17, 15) is 9.18 Å². The number of carbonyl (C=O) groups excluding carboxylic acids is 1. The molecule has 0 spiro atoms. The van der Waals surface area contributed by atoms with Gasteiger partial charge < -0.3 is 5.32 Å². The van der Waals surface area contributed by atoms with E-state index in [0.717, 1.165) is 18.4 Å². The average Bonchev–Trinajstić information content (AvgIpc) is 3.39. The Morgan fingerprint density at radius 3 is 2.42 bits per heavy atom. The highest BCUT2D eigenvalue weighted by atomic mass is 35.5. The average molecular weight is 352 g/mol. The van der Waals surface area contributed by atoms with E-state index >= 15 is 0 Å². The second kappa shape index (κ2) is 7.55. The number of nitrogens with zero attached hydrogens (tertiary/aromatic N) is 2. The number of carbonyl (C=O) groups is 1. The first kappa shape index (κ1) is 18.1. The summed E-state index contributed by atoms with van der Waals surface area (Å²) in [5.41, 5.74) is 2.67. The zero-order valence-electron chi connectivity index (χ0n) is 13.4. The summed E-state index contributed by atoms with van der Waals surface area (Å²) < 4.78 is 13.6. The quantitative estimate of drug-likeness (QED) is 0.447. The van der Waals surface area contributed by atoms with E-state index in [1.54, 1.807) is 6.07 Å². The Labute approximate surface area is 144 Å². The van der Waals surface area contributed by atoms with Crippen LogP contribution in [0.4, 0.5) is 10.3 Å². The second-order valence-corrected chi connectivity index (χ2v) is 5.51. The van der Waals surface area contributed by atoms with Crippen molar-refractivity contribution in [2.45, 2.75) is 32.2 Å². The molecule has 24 heavy (non-hydrogen) atoms. The van der Waals surface area contributed by atoms with Gasteiger partial charge in [-0.15, -0.1) is 0 Å². The molecule has 1 aromatic heterocycles. The second-order valence-electron chi connectivity index (χ2n) is 5.10. The third-order valence-electron chi connectivity index (χ3n) is 3.62. The van der Waals surface area contributed by atoms with E-state index in [2.05, 4.69) is 15.3 Å². The summed E-state index contributed by atoms with van der Waals surface area (Å²) in [7, 11) is 0. The van der Waals surface area contributed by atoms with Crippen molar-refractivity contribution >= 4 is 23.5 Å². The first-order chi connectivity index (χ1) is 11.5. The van der Waals surface area contributed by atoms with E-state index in [1.165, 1.54) is 24.5 Å². The molecular formula is C16H19ClFN5O. The minimum absolute atomic E-state index is 0.0907. The number of hydrazine groups is 1. The van der Waals surface area contributed by atoms with Gasteiger partial charge in [0.25, 0.3) is 5.91 Å². The molecule has 1 aliphatic rings. The van der Waals surface area contributed by atoms with Crippen molar-refractivity contribution in [3.63, 3.8) is 0 Å². The first-order valence-corrected chi connectivity index (χ1v) is 7.98. The zero-order chi connectivity index (χ0) is 17.7. The summed E-state index contributed by atoms with van der Waals surface area (Å²) >= 11 is 5.70. The Balaban J connectivity index is 0.00000100. The summed E-state index contributed by atoms with van der Waals surface area (Å²) in [6.45, 7) is 4.00. The fourth-order valence-corrected chi connectivity index (χ4v) is 2.33. The van der Waals surface area contributed by atoms with Gasteiger partial charge >= 0.3 is 0 Å². The van der Waals surface area contributed by atoms with Gasteiger partial charge in [0, 0.05) is 12.4 Å². The summed E-state index contributed by atoms with van der Waals surface area (Å²) in [6.07, 6.45) is 4.41. The predicted molar refractivity (Wildman–Crippen MR) is 91.0 cm³/mol. The number of rotatable bonds is 4. The monoisotopic (exact) mass is 351 g/mol. The highest BCUT2D eigenvalue weighted by Crippen LogP contribution is 2.48. The number of nitrogen functional groups attached to an aromatic ring is 1. The van der Waals surface area contributed by atoms with Gasteiger partial charge in [-0.1, -0.05) is 31.5 Å². The van der Waals surface area contributed by atoms with Crippen LogP contribution in [0, 0.1) is 5.82 Å². The van der Waals surface area contributed by atoms with Crippen LogP contribution in [-0.4, -0.2) is 15.9 Å². The minimum atomic E-state index is -0.465. The molecule has 3 rings (SSSR count). The molecule has 0 radical (unpaired) electrons. The van der Waals surface area contributed by atoms with Crippen LogP contribution in [0.15, 0.2) is 30.6 Å². The van der Waals surface area contributed by atoms with Crippen LogP contribution in [0.1, 0.15) is 42.6 Å². The number of hydrogen-bond donors (Lipinski definition) is 3. The van der Waals surface area contributed by atoms with Crippen molar-refractivity contribution in [1.29, 1.82) is 0 Å². The Morgan fingerprint density at radius 2 is 1.92 bits per heavy atom. The van der Waals surface area contributed by atoms with Gasteiger partial charge in [-0.25, -0.2) is 20.2 Å². The Hall–Kier alpha value is -2.25. The van der Waals surface area contributed by atoms with Crippen LogP contribution in [0.25, 0.3) is 0 Å². The predicted octanol–water partition coefficient (Wildman–Crippen LogP) is 3.00. The van der Waals surface area contributed by atoms with E-state index in [4.69, 9.17) is 17.4 Å². The third kappa shape index (κ3) is 3.80. The molecule has 0 bridgehead atoms. The zero-order valence-corrected chi connectivity index (χ0v) is 14.2. The van der Waals surface area contributed by atoms with E-state index in [1.807, 2.05) is 19.3 Å². The summed E-state index contributed by atoms with van der Waals surface area (Å²) in [6, 6.07) is 4.73. The molecule has 2 aromatic rings. The van der Waals surface area contributed by atoms with Crippen molar-refractivity contribution in [3.8, 4) is 0 Å². The normalized spacial score (nSPS) is 14.2. The molecular weight excluding hydrogens is 333 g/mol. The maximum absolute atomic E-state index is 13.6. The molecule has 0 atom stereocenters. The number of aromatic nitrogens is 2. The molecule has 8 heteroatoms. The van der Waals surface area contributed by atoms with Gasteiger partial charge in [-0.05, 0) is 30.5 Å². The lowest BCUT2D eigenvalue weighted by molar-refractivity contribution is 0.0953. The number of nitrogens with one attached hydrogen (secondary N) is 2. The fraction of sp³-hybridized carbons (Fsp3) is 0.312. The molecule has 1 heterocycles. The molecule has 4 N–H and O–H groups in total. The highest BCUT2D eigenvalue weighted by Gasteiger charge is 2.45. The fourth-order valence-electron chi connectivity index (χ4n) is 2.21. The molecule has 128 valence electrons. The minimum Gasteiger partial charge on any atom is -0.345 e. The Morgan fingerprint density at radius 1 is 1.29 bits per heavy atom. The SMILES string of the molecule is CC.NNC(=O)c1cnc(NC2(c3ccc(Cl)c(F)c3)CC2)nc1. The molecule has 0 aliphatic heterocycles. The molecule has 0 unspecified atom stereocenters. The summed E-state index contributed by atoms with van der Waals surface area (Å²) in [4.78, 5) is 19.5. The standard InChI is InChI=1S/C14H13ClFN5O.C2H6/c15-10-2-1-9(5-11(10)16)14(3-4-14)20-13-18-6-8(7-19-13)12(22)21-17;1-2/h1-2,5-7H,3-4,17H2,(H,21,22)(H,18,19,20);1-2H3. The number of benzene rings is 1. The number of hydrogen-bond acceptors (Lipinski definition) is 5. The molecule has 1 saturated carbocycles. The molecule has 1 aliphatic carbocycles. The summed E-state index contributed by atoms with van der Waals surface area (Å²) in [5, 5.41) is 3.27. The number of halogens is 2. The van der Waals surface area contributed by atoms with Gasteiger partial charge in [0.1, 0.15) is 5.82 Å². The van der Waals surface area contributed by atoms with Gasteiger partial charge in [0.05, 0.1) is 16.1 Å². The van der Waals surface area contributed by atoms with Gasteiger partial charge in [-0.2, -0.15) is 0 Å². The first-order valence-electron chi connectivity index (χ1n) is 7.61. The Bertz CT molecular complexity index is 719. The van der Waals surface area contributed by atoms with Crippen LogP contribution >= 0.6 is 11.6 Å². The molecule has 1 fully saturated rings. The third-order valence-corrected chi connectivity index (χ3v) is 3.92. The van der Waals surface area contributed by atoms with Gasteiger partial charge in [-0.3, -0.25) is 10.2 Å². The van der Waals surface area contributed by atoms with Crippen molar-refractivity contribution in [2.24, 2.45) is 5.84 Å². The van der Waals surface area contributed by atoms with Crippen molar-refractivity contribution in [2.75, 3.05) is 5.32 Å². The van der Waals surface area contributed by atoms with Crippen LogP contribution in [0.3, 0.4) is 0 Å². The largest absolute Gasteiger partial charge is 0.345 e. The maximum atomic E-state index is 13.6. The van der Waals surface area contributed by atoms with E-state index in [-0.39, 0.29) is 16.1 Å². The molecule has 0 saturated heterocycles. The van der Waals surface area contributed by atoms with E-state index < -0.39 is 11.7 Å². The van der Waals surface area contributed by atoms with Crippen molar-refractivity contribution in [3.05, 3.63) is 52.6 Å². The number of anilines is 1. The van der Waals surface area contributed by atoms with Crippen LogP contribution < -0.4 is 16.6 Å². The van der Waals surface area contributed by atoms with Crippen molar-refractivity contribution < 1.29 is 9.18 Å². The lowest BCUT2D eigenvalue weighted by Crippen LogP contribution is -2.30. The number of amides is 1. The molecule has 1 aromatic carbocycles. The highest BCUT2D eigenvalue weighted by molar-refractivity contribution is 6.30. The maximum Gasteiger partial charge on any atom is 0.268 e. The number of nitrogens with two attached hydrogens (primary N) is 1. The van der Waals surface area contributed by atoms with Crippen molar-refractivity contribution in [1.82, 2.24) is 15.4 Å². The topological polar surface area (TPSA) is 92.9 Å². The lowest BCUT2D eigenvalue weighted by atomic mass is 10.1. The van der Waals surface area contributed by atoms with Gasteiger partial charge in [0.15, 0.2) is 0 Å². The Kier molecular flexibility index (Phi) is 5.69. The van der Waals surface area contributed by atoms with Crippen LogP contribution in [-0.2, 0) is 5.54 Å². The lowest BCUT2D eigenvalue weighted by Gasteiger charge is -2.18.